The SMILES string of the molecule is CC(C)c1cc(Oc2ccc(Oc3cc(N)c(O)c(C(C)C)c3)cc2)cc(N)c1O. The standard InChI is InChI=1S/C24H28N2O4/c1-13(2)19-9-17(11-21(25)23(19)27)29-15-5-7-16(8-6-15)30-18-10-20(14(3)4)24(28)22(26)12-18/h5-14,27-28H,25-26H2,1-4H3. The van der Waals surface area contributed by atoms with Gasteiger partial charge in [-0.3, -0.25) is 0 Å². The van der Waals surface area contributed by atoms with Crippen LogP contribution in [0, 0.1) is 0 Å². The van der Waals surface area contributed by atoms with Crippen LogP contribution in [0.2, 0.25) is 0 Å². The Morgan fingerprint density at radius 1 is 0.600 bits per heavy atom. The van der Waals surface area contributed by atoms with Crippen LogP contribution in [-0.2, 0) is 0 Å². The fourth-order valence-corrected chi connectivity index (χ4v) is 3.15. The van der Waals surface area contributed by atoms with Crippen LogP contribution in [0.15, 0.2) is 48.5 Å². The summed E-state index contributed by atoms with van der Waals surface area (Å²) in [6.07, 6.45) is 0. The van der Waals surface area contributed by atoms with Crippen LogP contribution in [0.25, 0.3) is 0 Å². The Balaban J connectivity index is 1.78. The van der Waals surface area contributed by atoms with Gasteiger partial charge in [0.05, 0.1) is 11.4 Å². The van der Waals surface area contributed by atoms with Gasteiger partial charge in [0.1, 0.15) is 34.5 Å². The summed E-state index contributed by atoms with van der Waals surface area (Å²) in [5, 5.41) is 20.2. The van der Waals surface area contributed by atoms with Crippen molar-refractivity contribution in [3.8, 4) is 34.5 Å². The third-order valence-electron chi connectivity index (χ3n) is 4.82. The molecule has 6 nitrogen and oxygen atoms in total. The molecule has 0 radical (unpaired) electrons. The smallest absolute Gasteiger partial charge is 0.142 e. The highest BCUT2D eigenvalue weighted by molar-refractivity contribution is 5.62. The first-order valence-corrected chi connectivity index (χ1v) is 9.86. The Morgan fingerprint density at radius 3 is 1.23 bits per heavy atom. The molecule has 6 heteroatoms. The molecule has 0 saturated carbocycles. The number of hydrogen-bond donors (Lipinski definition) is 4. The molecule has 3 aromatic rings. The molecule has 0 amide bonds. The van der Waals surface area contributed by atoms with Gasteiger partial charge in [-0.15, -0.1) is 0 Å². The van der Waals surface area contributed by atoms with Crippen molar-refractivity contribution < 1.29 is 19.7 Å². The molecule has 3 rings (SSSR count). The normalized spacial score (nSPS) is 11.1. The lowest BCUT2D eigenvalue weighted by atomic mass is 10.0. The summed E-state index contributed by atoms with van der Waals surface area (Å²) in [5.41, 5.74) is 13.8. The van der Waals surface area contributed by atoms with E-state index in [0.717, 1.165) is 11.1 Å². The van der Waals surface area contributed by atoms with E-state index in [1.54, 1.807) is 48.5 Å². The summed E-state index contributed by atoms with van der Waals surface area (Å²) < 4.78 is 11.8. The Labute approximate surface area is 176 Å². The summed E-state index contributed by atoms with van der Waals surface area (Å²) in [5.74, 6) is 2.72. The molecule has 0 unspecified atom stereocenters. The summed E-state index contributed by atoms with van der Waals surface area (Å²) in [4.78, 5) is 0. The van der Waals surface area contributed by atoms with Gasteiger partial charge < -0.3 is 31.2 Å². The first-order valence-electron chi connectivity index (χ1n) is 9.86. The molecular formula is C24H28N2O4. The number of nitrogens with two attached hydrogens (primary N) is 2. The summed E-state index contributed by atoms with van der Waals surface area (Å²) >= 11 is 0. The highest BCUT2D eigenvalue weighted by Gasteiger charge is 2.14. The van der Waals surface area contributed by atoms with Crippen LogP contribution >= 0.6 is 0 Å². The van der Waals surface area contributed by atoms with Crippen molar-refractivity contribution in [1.82, 2.24) is 0 Å². The number of phenols is 2. The molecule has 0 aliphatic rings. The van der Waals surface area contributed by atoms with E-state index in [0.29, 0.717) is 23.0 Å². The molecule has 0 aliphatic heterocycles. The lowest BCUT2D eigenvalue weighted by Crippen LogP contribution is -1.96. The number of benzene rings is 3. The van der Waals surface area contributed by atoms with Crippen LogP contribution < -0.4 is 20.9 Å². The van der Waals surface area contributed by atoms with Gasteiger partial charge in [-0.25, -0.2) is 0 Å². The monoisotopic (exact) mass is 408 g/mol. The van der Waals surface area contributed by atoms with E-state index >= 15 is 0 Å². The Morgan fingerprint density at radius 2 is 0.933 bits per heavy atom. The molecular weight excluding hydrogens is 380 g/mol. The number of phenolic OH excluding ortho intramolecular Hbond substituents is 2. The minimum Gasteiger partial charge on any atom is -0.505 e. The molecule has 0 spiro atoms. The van der Waals surface area contributed by atoms with E-state index < -0.39 is 0 Å². The maximum absolute atomic E-state index is 10.1. The zero-order valence-electron chi connectivity index (χ0n) is 17.6. The van der Waals surface area contributed by atoms with Crippen LogP contribution in [-0.4, -0.2) is 10.2 Å². The summed E-state index contributed by atoms with van der Waals surface area (Å²) in [6.45, 7) is 7.91. The summed E-state index contributed by atoms with van der Waals surface area (Å²) in [6, 6.07) is 13.9. The lowest BCUT2D eigenvalue weighted by Gasteiger charge is -2.15. The largest absolute Gasteiger partial charge is 0.505 e. The van der Waals surface area contributed by atoms with Gasteiger partial charge in [0.2, 0.25) is 0 Å². The number of aromatic hydroxyl groups is 2. The predicted octanol–water partition coefficient (Wildman–Crippen LogP) is 6.09. The fourth-order valence-electron chi connectivity index (χ4n) is 3.15. The van der Waals surface area contributed by atoms with Gasteiger partial charge in [0, 0.05) is 23.3 Å². The number of ether oxygens (including phenoxy) is 2. The summed E-state index contributed by atoms with van der Waals surface area (Å²) in [7, 11) is 0. The lowest BCUT2D eigenvalue weighted by molar-refractivity contribution is 0.452. The van der Waals surface area contributed by atoms with Crippen molar-refractivity contribution in [2.75, 3.05) is 11.5 Å². The van der Waals surface area contributed by atoms with Crippen LogP contribution in [0.5, 0.6) is 34.5 Å². The van der Waals surface area contributed by atoms with Crippen LogP contribution in [0.4, 0.5) is 11.4 Å². The van der Waals surface area contributed by atoms with Gasteiger partial charge in [-0.1, -0.05) is 27.7 Å². The van der Waals surface area contributed by atoms with Gasteiger partial charge in [0.25, 0.3) is 0 Å². The molecule has 0 bridgehead atoms. The first kappa shape index (κ1) is 21.2. The molecule has 0 saturated heterocycles. The average Bonchev–Trinajstić information content (AvgIpc) is 2.68. The van der Waals surface area contributed by atoms with Crippen LogP contribution in [0.1, 0.15) is 50.7 Å². The second-order valence-electron chi connectivity index (χ2n) is 7.89. The van der Waals surface area contributed by atoms with E-state index in [9.17, 15) is 10.2 Å². The molecule has 0 atom stereocenters. The fraction of sp³-hybridized carbons (Fsp3) is 0.250. The van der Waals surface area contributed by atoms with Gasteiger partial charge in [0.15, 0.2) is 0 Å². The number of hydrogen-bond acceptors (Lipinski definition) is 6. The molecule has 3 aromatic carbocycles. The molecule has 30 heavy (non-hydrogen) atoms. The highest BCUT2D eigenvalue weighted by atomic mass is 16.5. The molecule has 0 heterocycles. The second kappa shape index (κ2) is 8.45. The molecule has 6 N–H and O–H groups in total. The van der Waals surface area contributed by atoms with Crippen molar-refractivity contribution in [2.24, 2.45) is 0 Å². The third kappa shape index (κ3) is 4.54. The second-order valence-corrected chi connectivity index (χ2v) is 7.89. The molecule has 0 aromatic heterocycles. The van der Waals surface area contributed by atoms with Crippen molar-refractivity contribution in [3.63, 3.8) is 0 Å². The zero-order valence-corrected chi connectivity index (χ0v) is 17.6. The Kier molecular flexibility index (Phi) is 5.96. The van der Waals surface area contributed by atoms with Crippen molar-refractivity contribution in [3.05, 3.63) is 59.7 Å². The van der Waals surface area contributed by atoms with E-state index in [1.165, 1.54) is 0 Å². The van der Waals surface area contributed by atoms with Gasteiger partial charge in [-0.05, 0) is 48.2 Å². The Hall–Kier alpha value is -3.54. The topological polar surface area (TPSA) is 111 Å². The van der Waals surface area contributed by atoms with E-state index in [2.05, 4.69) is 0 Å². The van der Waals surface area contributed by atoms with E-state index in [4.69, 9.17) is 20.9 Å². The van der Waals surface area contributed by atoms with Crippen molar-refractivity contribution in [2.45, 2.75) is 39.5 Å². The van der Waals surface area contributed by atoms with E-state index in [-0.39, 0.29) is 34.7 Å². The van der Waals surface area contributed by atoms with E-state index in [1.807, 2.05) is 27.7 Å². The Bertz CT molecular complexity index is 960. The predicted molar refractivity (Wildman–Crippen MR) is 120 cm³/mol. The molecule has 0 aliphatic carbocycles. The quantitative estimate of drug-likeness (QED) is 0.290. The van der Waals surface area contributed by atoms with Crippen molar-refractivity contribution >= 4 is 11.4 Å². The number of nitrogen functional groups attached to an aromatic ring is 2. The highest BCUT2D eigenvalue weighted by Crippen LogP contribution is 2.38. The minimum absolute atomic E-state index is 0.0926. The minimum atomic E-state index is 0.0926. The maximum atomic E-state index is 10.1. The molecule has 0 fully saturated rings. The van der Waals surface area contributed by atoms with Gasteiger partial charge >= 0.3 is 0 Å². The average molecular weight is 408 g/mol. The van der Waals surface area contributed by atoms with Gasteiger partial charge in [-0.2, -0.15) is 0 Å². The maximum Gasteiger partial charge on any atom is 0.142 e. The number of rotatable bonds is 6. The zero-order chi connectivity index (χ0) is 22.0. The first-order chi connectivity index (χ1) is 14.2. The number of anilines is 2. The van der Waals surface area contributed by atoms with Crippen molar-refractivity contribution in [1.29, 1.82) is 0 Å². The third-order valence-corrected chi connectivity index (χ3v) is 4.82. The molecule has 158 valence electrons. The van der Waals surface area contributed by atoms with Crippen LogP contribution in [0.3, 0.4) is 0 Å².